The van der Waals surface area contributed by atoms with Gasteiger partial charge >= 0.3 is 0 Å². The molecule has 2 unspecified atom stereocenters. The van der Waals surface area contributed by atoms with Crippen LogP contribution in [0.1, 0.15) is 6.92 Å². The highest BCUT2D eigenvalue weighted by Gasteiger charge is 2.22. The molecule has 3 amide bonds. The highest BCUT2D eigenvalue weighted by molar-refractivity contribution is 7.80. The van der Waals surface area contributed by atoms with Gasteiger partial charge in [-0.25, -0.2) is 0 Å². The molecule has 0 bridgehead atoms. The van der Waals surface area contributed by atoms with Gasteiger partial charge < -0.3 is 16.4 Å². The Balaban J connectivity index is 4.40. The molecule has 0 aliphatic heterocycles. The van der Waals surface area contributed by atoms with E-state index in [0.29, 0.717) is 0 Å². The third kappa shape index (κ3) is 5.26. The summed E-state index contributed by atoms with van der Waals surface area (Å²) in [6, 6.07) is -1.64. The Morgan fingerprint density at radius 1 is 1.12 bits per heavy atom. The number of nitrogens with one attached hydrogen (secondary N) is 2. The Morgan fingerprint density at radius 2 is 1.62 bits per heavy atom. The zero-order chi connectivity index (χ0) is 12.7. The van der Waals surface area contributed by atoms with Crippen molar-refractivity contribution in [3.8, 4) is 0 Å². The molecule has 0 rings (SSSR count). The van der Waals surface area contributed by atoms with Crippen molar-refractivity contribution in [3.05, 3.63) is 0 Å². The number of hydrogen-bond acceptors (Lipinski definition) is 5. The second-order valence-corrected chi connectivity index (χ2v) is 3.81. The molecule has 2 atom stereocenters. The molecule has 92 valence electrons. The first-order valence-corrected chi connectivity index (χ1v) is 5.77. The lowest BCUT2D eigenvalue weighted by molar-refractivity contribution is -0.130. The number of carbonyl (C=O) groups is 3. The van der Waals surface area contributed by atoms with Crippen LogP contribution >= 0.6 is 25.3 Å². The molecule has 16 heavy (non-hydrogen) atoms. The fourth-order valence-corrected chi connectivity index (χ4v) is 1.45. The second kappa shape index (κ2) is 7.39. The first-order chi connectivity index (χ1) is 7.42. The van der Waals surface area contributed by atoms with Crippen molar-refractivity contribution in [2.24, 2.45) is 5.73 Å². The molecule has 0 aliphatic carbocycles. The van der Waals surface area contributed by atoms with E-state index in [4.69, 9.17) is 5.73 Å². The van der Waals surface area contributed by atoms with Crippen molar-refractivity contribution >= 4 is 43.0 Å². The second-order valence-electron chi connectivity index (χ2n) is 3.08. The molecular weight excluding hydrogens is 250 g/mol. The Morgan fingerprint density at radius 3 is 1.94 bits per heavy atom. The number of thiol groups is 2. The molecule has 4 N–H and O–H groups in total. The van der Waals surface area contributed by atoms with E-state index < -0.39 is 23.9 Å². The summed E-state index contributed by atoms with van der Waals surface area (Å²) in [6.45, 7) is 1.29. The summed E-state index contributed by atoms with van der Waals surface area (Å²) in [6.07, 6.45) is 0. The maximum Gasteiger partial charge on any atom is 0.244 e. The third-order valence-electron chi connectivity index (χ3n) is 1.72. The summed E-state index contributed by atoms with van der Waals surface area (Å²) < 4.78 is 0. The van der Waals surface area contributed by atoms with E-state index in [1.807, 2.05) is 0 Å². The van der Waals surface area contributed by atoms with Crippen molar-refractivity contribution in [2.75, 3.05) is 11.5 Å². The highest BCUT2D eigenvalue weighted by Crippen LogP contribution is 1.93. The van der Waals surface area contributed by atoms with E-state index in [0.717, 1.165) is 0 Å². The molecule has 0 saturated carbocycles. The SMILES string of the molecule is CC(=O)NC(CS)C(=O)NC(CS)C(N)=O. The highest BCUT2D eigenvalue weighted by atomic mass is 32.1. The molecule has 0 spiro atoms. The van der Waals surface area contributed by atoms with Gasteiger partial charge in [0.05, 0.1) is 0 Å². The van der Waals surface area contributed by atoms with Gasteiger partial charge in [-0.2, -0.15) is 25.3 Å². The summed E-state index contributed by atoms with van der Waals surface area (Å²) in [7, 11) is 0. The summed E-state index contributed by atoms with van der Waals surface area (Å²) in [5.74, 6) is -1.31. The van der Waals surface area contributed by atoms with Crippen LogP contribution in [0, 0.1) is 0 Å². The third-order valence-corrected chi connectivity index (χ3v) is 2.45. The lowest BCUT2D eigenvalue weighted by atomic mass is 10.2. The predicted molar refractivity (Wildman–Crippen MR) is 66.4 cm³/mol. The van der Waals surface area contributed by atoms with Gasteiger partial charge in [0.2, 0.25) is 17.7 Å². The van der Waals surface area contributed by atoms with Gasteiger partial charge in [0.25, 0.3) is 0 Å². The van der Waals surface area contributed by atoms with Crippen LogP contribution in [-0.4, -0.2) is 41.3 Å². The van der Waals surface area contributed by atoms with Gasteiger partial charge in [-0.05, 0) is 0 Å². The maximum absolute atomic E-state index is 11.6. The largest absolute Gasteiger partial charge is 0.368 e. The van der Waals surface area contributed by atoms with Crippen molar-refractivity contribution in [3.63, 3.8) is 0 Å². The van der Waals surface area contributed by atoms with Crippen molar-refractivity contribution in [1.29, 1.82) is 0 Å². The van der Waals surface area contributed by atoms with E-state index >= 15 is 0 Å². The van der Waals surface area contributed by atoms with Gasteiger partial charge in [-0.15, -0.1) is 0 Å². The number of amides is 3. The van der Waals surface area contributed by atoms with Crippen molar-refractivity contribution in [1.82, 2.24) is 10.6 Å². The minimum absolute atomic E-state index is 0.0977. The molecule has 6 nitrogen and oxygen atoms in total. The number of carbonyl (C=O) groups excluding carboxylic acids is 3. The van der Waals surface area contributed by atoms with Crippen LogP contribution in [0.5, 0.6) is 0 Å². The Hall–Kier alpha value is -0.890. The van der Waals surface area contributed by atoms with Crippen LogP contribution < -0.4 is 16.4 Å². The molecule has 0 radical (unpaired) electrons. The van der Waals surface area contributed by atoms with E-state index in [2.05, 4.69) is 35.9 Å². The van der Waals surface area contributed by atoms with Gasteiger partial charge in [0, 0.05) is 18.4 Å². The summed E-state index contributed by atoms with van der Waals surface area (Å²) in [4.78, 5) is 33.2. The number of rotatable bonds is 6. The summed E-state index contributed by atoms with van der Waals surface area (Å²) in [5.41, 5.74) is 5.03. The molecule has 8 heteroatoms. The smallest absolute Gasteiger partial charge is 0.244 e. The molecule has 0 heterocycles. The van der Waals surface area contributed by atoms with Crippen LogP contribution in [-0.2, 0) is 14.4 Å². The quantitative estimate of drug-likeness (QED) is 0.371. The predicted octanol–water partition coefficient (Wildman–Crippen LogP) is -1.68. The topological polar surface area (TPSA) is 101 Å². The van der Waals surface area contributed by atoms with E-state index in [1.165, 1.54) is 6.92 Å². The van der Waals surface area contributed by atoms with E-state index in [1.54, 1.807) is 0 Å². The van der Waals surface area contributed by atoms with Gasteiger partial charge in [0.1, 0.15) is 12.1 Å². The standard InChI is InChI=1S/C8H15N3O3S2/c1-4(12)10-6(3-16)8(14)11-5(2-15)7(9)13/h5-6,15-16H,2-3H2,1H3,(H2,9,13)(H,10,12)(H,11,14). The lowest BCUT2D eigenvalue weighted by Gasteiger charge is -2.18. The zero-order valence-corrected chi connectivity index (χ0v) is 10.6. The average molecular weight is 265 g/mol. The van der Waals surface area contributed by atoms with Gasteiger partial charge in [-0.1, -0.05) is 0 Å². The fourth-order valence-electron chi connectivity index (χ4n) is 0.919. The number of primary amides is 1. The summed E-state index contributed by atoms with van der Waals surface area (Å²) in [5, 5.41) is 4.76. The van der Waals surface area contributed by atoms with Crippen LogP contribution in [0.4, 0.5) is 0 Å². The van der Waals surface area contributed by atoms with Crippen LogP contribution in [0.3, 0.4) is 0 Å². The molecule has 0 aliphatic rings. The van der Waals surface area contributed by atoms with E-state index in [9.17, 15) is 14.4 Å². The molecule has 0 fully saturated rings. The molecule has 0 aromatic carbocycles. The maximum atomic E-state index is 11.6. The Labute approximate surface area is 105 Å². The van der Waals surface area contributed by atoms with E-state index in [-0.39, 0.29) is 17.4 Å². The Bertz CT molecular complexity index is 286. The normalized spacial score (nSPS) is 13.7. The Kier molecular flexibility index (Phi) is 6.98. The minimum atomic E-state index is -0.855. The van der Waals surface area contributed by atoms with Crippen LogP contribution in [0.25, 0.3) is 0 Å². The zero-order valence-electron chi connectivity index (χ0n) is 8.77. The molecule has 0 saturated heterocycles. The van der Waals surface area contributed by atoms with Crippen molar-refractivity contribution in [2.45, 2.75) is 19.0 Å². The number of hydrogen-bond donors (Lipinski definition) is 5. The lowest BCUT2D eigenvalue weighted by Crippen LogP contribution is -2.54. The summed E-state index contributed by atoms with van der Waals surface area (Å²) >= 11 is 7.80. The van der Waals surface area contributed by atoms with Crippen LogP contribution in [0.15, 0.2) is 0 Å². The molecule has 0 aromatic rings. The molecule has 0 aromatic heterocycles. The fraction of sp³-hybridized carbons (Fsp3) is 0.625. The minimum Gasteiger partial charge on any atom is -0.368 e. The van der Waals surface area contributed by atoms with Crippen LogP contribution in [0.2, 0.25) is 0 Å². The first kappa shape index (κ1) is 15.1. The van der Waals surface area contributed by atoms with Crippen molar-refractivity contribution < 1.29 is 14.4 Å². The first-order valence-electron chi connectivity index (χ1n) is 4.50. The van der Waals surface area contributed by atoms with Gasteiger partial charge in [0.15, 0.2) is 0 Å². The average Bonchev–Trinajstić information content (AvgIpc) is 2.21. The van der Waals surface area contributed by atoms with Gasteiger partial charge in [-0.3, -0.25) is 14.4 Å². The monoisotopic (exact) mass is 265 g/mol. The number of nitrogens with two attached hydrogens (primary N) is 1. The molecular formula is C8H15N3O3S2.